The molecule has 0 heterocycles. The highest BCUT2D eigenvalue weighted by molar-refractivity contribution is 7.80. The molecule has 10 heteroatoms. The van der Waals surface area contributed by atoms with Crippen molar-refractivity contribution in [2.75, 3.05) is 48.6 Å². The van der Waals surface area contributed by atoms with Crippen molar-refractivity contribution in [3.63, 3.8) is 0 Å². The molecular weight excluding hydrogens is 585 g/mol. The lowest BCUT2D eigenvalue weighted by Gasteiger charge is -2.11. The summed E-state index contributed by atoms with van der Waals surface area (Å²) in [7, 11) is 8.06. The minimum atomic E-state index is 0.468. The maximum absolute atomic E-state index is 5.22. The molecule has 0 spiro atoms. The van der Waals surface area contributed by atoms with Gasteiger partial charge < -0.3 is 20.4 Å². The van der Waals surface area contributed by atoms with Gasteiger partial charge in [-0.05, 0) is 96.9 Å². The standard InChI is InChI=1S/2C17H20N4S/c2*1-13-6-4-5-7-16(13)19-17(22)20-18-12-14-8-10-15(11-9-14)21(2)3/h2*4-12H,1-3H3,(H2,19,20,22)/b2*18-12+. The zero-order valence-corrected chi connectivity index (χ0v) is 27.6. The molecule has 8 nitrogen and oxygen atoms in total. The monoisotopic (exact) mass is 624 g/mol. The highest BCUT2D eigenvalue weighted by atomic mass is 32.1. The van der Waals surface area contributed by atoms with E-state index in [1.165, 1.54) is 0 Å². The van der Waals surface area contributed by atoms with Crippen molar-refractivity contribution in [3.8, 4) is 0 Å². The van der Waals surface area contributed by atoms with Crippen LogP contribution in [0.2, 0.25) is 0 Å². The molecule has 0 saturated heterocycles. The van der Waals surface area contributed by atoms with E-state index in [2.05, 4.69) is 41.5 Å². The molecule has 0 aliphatic carbocycles. The lowest BCUT2D eigenvalue weighted by molar-refractivity contribution is 1.05. The van der Waals surface area contributed by atoms with E-state index in [-0.39, 0.29) is 0 Å². The molecule has 4 aromatic rings. The van der Waals surface area contributed by atoms with Gasteiger partial charge in [-0.3, -0.25) is 10.9 Å². The van der Waals surface area contributed by atoms with Crippen LogP contribution in [0.15, 0.2) is 107 Å². The molecule has 0 saturated carbocycles. The first-order valence-electron chi connectivity index (χ1n) is 14.0. The fourth-order valence-electron chi connectivity index (χ4n) is 3.77. The smallest absolute Gasteiger partial charge is 0.191 e. The maximum atomic E-state index is 5.22. The first kappa shape index (κ1) is 33.7. The molecule has 0 radical (unpaired) electrons. The number of anilines is 4. The number of hydrogen-bond acceptors (Lipinski definition) is 6. The van der Waals surface area contributed by atoms with Crippen LogP contribution in [-0.4, -0.2) is 50.8 Å². The molecule has 0 aromatic heterocycles. The topological polar surface area (TPSA) is 79.3 Å². The Labute approximate surface area is 271 Å². The summed E-state index contributed by atoms with van der Waals surface area (Å²) in [5.74, 6) is 0. The van der Waals surface area contributed by atoms with Gasteiger partial charge in [-0.15, -0.1) is 0 Å². The summed E-state index contributed by atoms with van der Waals surface area (Å²) in [6.07, 6.45) is 3.48. The van der Waals surface area contributed by atoms with Crippen LogP contribution in [-0.2, 0) is 0 Å². The van der Waals surface area contributed by atoms with Crippen molar-refractivity contribution < 1.29 is 0 Å². The predicted octanol–water partition coefficient (Wildman–Crippen LogP) is 6.76. The minimum Gasteiger partial charge on any atom is -0.378 e. The quantitative estimate of drug-likeness (QED) is 0.0973. The molecule has 44 heavy (non-hydrogen) atoms. The van der Waals surface area contributed by atoms with E-state index in [1.807, 2.05) is 139 Å². The highest BCUT2D eigenvalue weighted by Gasteiger charge is 2.00. The van der Waals surface area contributed by atoms with E-state index in [0.717, 1.165) is 45.0 Å². The van der Waals surface area contributed by atoms with E-state index < -0.39 is 0 Å². The molecule has 0 aliphatic heterocycles. The van der Waals surface area contributed by atoms with Crippen molar-refractivity contribution in [2.45, 2.75) is 13.8 Å². The van der Waals surface area contributed by atoms with Crippen LogP contribution in [0.4, 0.5) is 22.7 Å². The fraction of sp³-hybridized carbons (Fsp3) is 0.176. The lowest BCUT2D eigenvalue weighted by Crippen LogP contribution is -2.24. The SMILES string of the molecule is Cc1ccccc1NC(=S)N/N=C/c1ccc(N(C)C)cc1.Cc1ccccc1NC(=S)N/N=C/c1ccc(N(C)C)cc1. The lowest BCUT2D eigenvalue weighted by atomic mass is 10.2. The van der Waals surface area contributed by atoms with Crippen LogP contribution in [0.5, 0.6) is 0 Å². The summed E-state index contributed by atoms with van der Waals surface area (Å²) >= 11 is 10.4. The van der Waals surface area contributed by atoms with Crippen molar-refractivity contribution >= 4 is 69.8 Å². The molecule has 4 rings (SSSR count). The van der Waals surface area contributed by atoms with Gasteiger partial charge in [0.05, 0.1) is 12.4 Å². The molecule has 0 amide bonds. The molecule has 228 valence electrons. The third-order valence-corrected chi connectivity index (χ3v) is 6.75. The Morgan fingerprint density at radius 1 is 0.545 bits per heavy atom. The molecule has 4 N–H and O–H groups in total. The number of hydrazone groups is 2. The van der Waals surface area contributed by atoms with Gasteiger partial charge in [-0.2, -0.15) is 10.2 Å². The summed E-state index contributed by atoms with van der Waals surface area (Å²) in [5, 5.41) is 15.5. The van der Waals surface area contributed by atoms with Crippen LogP contribution < -0.4 is 31.3 Å². The summed E-state index contributed by atoms with van der Waals surface area (Å²) in [6.45, 7) is 4.06. The third kappa shape index (κ3) is 11.5. The summed E-state index contributed by atoms with van der Waals surface area (Å²) in [6, 6.07) is 32.2. The second-order valence-electron chi connectivity index (χ2n) is 10.3. The Morgan fingerprint density at radius 2 is 0.886 bits per heavy atom. The van der Waals surface area contributed by atoms with Crippen LogP contribution in [0, 0.1) is 13.8 Å². The number of para-hydroxylation sites is 2. The number of thiocarbonyl (C=S) groups is 2. The van der Waals surface area contributed by atoms with E-state index >= 15 is 0 Å². The van der Waals surface area contributed by atoms with Gasteiger partial charge in [0, 0.05) is 50.9 Å². The molecule has 0 atom stereocenters. The second-order valence-corrected chi connectivity index (χ2v) is 11.1. The van der Waals surface area contributed by atoms with Gasteiger partial charge in [-0.25, -0.2) is 0 Å². The van der Waals surface area contributed by atoms with E-state index in [9.17, 15) is 0 Å². The Kier molecular flexibility index (Phi) is 13.3. The van der Waals surface area contributed by atoms with Crippen molar-refractivity contribution in [1.29, 1.82) is 0 Å². The van der Waals surface area contributed by atoms with Crippen LogP contribution in [0.3, 0.4) is 0 Å². The molecular formula is C34H40N8S2. The molecule has 0 bridgehead atoms. The average molecular weight is 625 g/mol. The van der Waals surface area contributed by atoms with Gasteiger partial charge in [0.2, 0.25) is 0 Å². The third-order valence-electron chi connectivity index (χ3n) is 6.36. The molecule has 4 aromatic carbocycles. The maximum Gasteiger partial charge on any atom is 0.191 e. The predicted molar refractivity (Wildman–Crippen MR) is 198 cm³/mol. The normalized spacial score (nSPS) is 10.5. The summed E-state index contributed by atoms with van der Waals surface area (Å²) in [4.78, 5) is 4.11. The number of benzene rings is 4. The fourth-order valence-corrected chi connectivity index (χ4v) is 4.10. The zero-order chi connectivity index (χ0) is 31.9. The van der Waals surface area contributed by atoms with Crippen molar-refractivity contribution in [3.05, 3.63) is 119 Å². The Balaban J connectivity index is 0.000000240. The number of nitrogens with zero attached hydrogens (tertiary/aromatic N) is 4. The minimum absolute atomic E-state index is 0.468. The van der Waals surface area contributed by atoms with Crippen molar-refractivity contribution in [1.82, 2.24) is 10.9 Å². The molecule has 0 fully saturated rings. The number of rotatable bonds is 8. The molecule has 0 unspecified atom stereocenters. The Morgan fingerprint density at radius 3 is 1.20 bits per heavy atom. The van der Waals surface area contributed by atoms with E-state index in [4.69, 9.17) is 24.4 Å². The number of hydrogen-bond donors (Lipinski definition) is 4. The van der Waals surface area contributed by atoms with Gasteiger partial charge in [0.1, 0.15) is 0 Å². The van der Waals surface area contributed by atoms with E-state index in [1.54, 1.807) is 12.4 Å². The average Bonchev–Trinajstić information content (AvgIpc) is 3.00. The largest absolute Gasteiger partial charge is 0.378 e. The Bertz CT molecular complexity index is 1440. The highest BCUT2D eigenvalue weighted by Crippen LogP contribution is 2.14. The number of aryl methyl sites for hydroxylation is 2. The summed E-state index contributed by atoms with van der Waals surface area (Å²) in [5.41, 5.74) is 14.2. The summed E-state index contributed by atoms with van der Waals surface area (Å²) < 4.78 is 0. The van der Waals surface area contributed by atoms with Gasteiger partial charge in [-0.1, -0.05) is 60.7 Å². The molecule has 0 aliphatic rings. The Hall–Kier alpha value is -4.80. The number of nitrogens with one attached hydrogen (secondary N) is 4. The van der Waals surface area contributed by atoms with Gasteiger partial charge in [0.25, 0.3) is 0 Å². The van der Waals surface area contributed by atoms with Crippen LogP contribution in [0.25, 0.3) is 0 Å². The second kappa shape index (κ2) is 17.3. The van der Waals surface area contributed by atoms with Gasteiger partial charge in [0.15, 0.2) is 10.2 Å². The van der Waals surface area contributed by atoms with Crippen LogP contribution >= 0.6 is 24.4 Å². The van der Waals surface area contributed by atoms with Gasteiger partial charge >= 0.3 is 0 Å². The first-order valence-corrected chi connectivity index (χ1v) is 14.8. The first-order chi connectivity index (χ1) is 21.1. The van der Waals surface area contributed by atoms with E-state index in [0.29, 0.717) is 10.2 Å². The zero-order valence-electron chi connectivity index (χ0n) is 26.0. The van der Waals surface area contributed by atoms with Crippen molar-refractivity contribution in [2.24, 2.45) is 10.2 Å². The van der Waals surface area contributed by atoms with Crippen LogP contribution in [0.1, 0.15) is 22.3 Å².